The third kappa shape index (κ3) is 6.34. The van der Waals surface area contributed by atoms with Gasteiger partial charge in [-0.1, -0.05) is 18.2 Å². The number of hydrogen-bond acceptors (Lipinski definition) is 5. The Bertz CT molecular complexity index is 1360. The van der Waals surface area contributed by atoms with Gasteiger partial charge in [0.15, 0.2) is 0 Å². The average Bonchev–Trinajstić information content (AvgIpc) is 3.54. The molecule has 1 aromatic carbocycles. The van der Waals surface area contributed by atoms with Crippen molar-refractivity contribution < 1.29 is 32.3 Å². The summed E-state index contributed by atoms with van der Waals surface area (Å²) in [6.07, 6.45) is 1.44. The molecule has 2 aromatic rings. The Balaban J connectivity index is 1.08. The minimum atomic E-state index is -4.44. The van der Waals surface area contributed by atoms with Gasteiger partial charge in [-0.25, -0.2) is 4.79 Å². The SMILES string of the molecule is O=C(Cl)N1CCC(OC(=O)N2CCC(n3ncc(C(=O)N4CC[C@@H](c5ccccc5C(F)(F)F)C4)c3C3CC3)CC2)CC1. The van der Waals surface area contributed by atoms with E-state index in [2.05, 4.69) is 5.10 Å². The number of amides is 3. The highest BCUT2D eigenvalue weighted by molar-refractivity contribution is 6.62. The normalized spacial score (nSPS) is 22.2. The second kappa shape index (κ2) is 12.0. The molecule has 1 aromatic heterocycles. The number of likely N-dealkylation sites (tertiary alicyclic amines) is 3. The zero-order chi connectivity index (χ0) is 30.3. The van der Waals surface area contributed by atoms with Gasteiger partial charge in [0.25, 0.3) is 5.91 Å². The number of rotatable bonds is 5. The molecule has 0 radical (unpaired) electrons. The lowest BCUT2D eigenvalue weighted by Gasteiger charge is -2.35. The summed E-state index contributed by atoms with van der Waals surface area (Å²) in [5, 5.41) is 4.16. The van der Waals surface area contributed by atoms with E-state index in [1.807, 2.05) is 4.68 Å². The summed E-state index contributed by atoms with van der Waals surface area (Å²) in [5.74, 6) is -0.316. The molecule has 0 unspecified atom stereocenters. The van der Waals surface area contributed by atoms with Crippen molar-refractivity contribution in [1.29, 1.82) is 0 Å². The number of aromatic nitrogens is 2. The van der Waals surface area contributed by atoms with Gasteiger partial charge in [0.2, 0.25) is 0 Å². The number of benzene rings is 1. The van der Waals surface area contributed by atoms with Crippen LogP contribution in [0.3, 0.4) is 0 Å². The van der Waals surface area contributed by atoms with Crippen LogP contribution in [-0.4, -0.2) is 87.2 Å². The molecule has 0 spiro atoms. The molecule has 0 N–H and O–H groups in total. The summed E-state index contributed by atoms with van der Waals surface area (Å²) >= 11 is 5.54. The van der Waals surface area contributed by atoms with Crippen molar-refractivity contribution in [2.75, 3.05) is 39.3 Å². The van der Waals surface area contributed by atoms with Gasteiger partial charge in [-0.2, -0.15) is 18.3 Å². The molecule has 4 heterocycles. The van der Waals surface area contributed by atoms with Crippen molar-refractivity contribution >= 4 is 29.0 Å². The molecule has 43 heavy (non-hydrogen) atoms. The number of ether oxygens (including phenoxy) is 1. The third-order valence-electron chi connectivity index (χ3n) is 9.24. The molecular formula is C30H35ClF3N5O4. The van der Waals surface area contributed by atoms with Gasteiger partial charge in [-0.05, 0) is 55.3 Å². The van der Waals surface area contributed by atoms with E-state index in [0.29, 0.717) is 70.4 Å². The quantitative estimate of drug-likeness (QED) is 0.302. The first kappa shape index (κ1) is 29.8. The lowest BCUT2D eigenvalue weighted by atomic mass is 9.93. The van der Waals surface area contributed by atoms with Gasteiger partial charge in [-0.15, -0.1) is 0 Å². The lowest BCUT2D eigenvalue weighted by Crippen LogP contribution is -2.44. The molecule has 1 saturated carbocycles. The van der Waals surface area contributed by atoms with Gasteiger partial charge >= 0.3 is 17.6 Å². The second-order valence-electron chi connectivity index (χ2n) is 12.0. The summed E-state index contributed by atoms with van der Waals surface area (Å²) in [7, 11) is 0. The first-order valence-corrected chi connectivity index (χ1v) is 15.4. The highest BCUT2D eigenvalue weighted by atomic mass is 35.5. The summed E-state index contributed by atoms with van der Waals surface area (Å²) in [6, 6.07) is 5.66. The maximum atomic E-state index is 13.7. The fourth-order valence-electron chi connectivity index (χ4n) is 6.73. The number of piperidine rings is 2. The monoisotopic (exact) mass is 621 g/mol. The second-order valence-corrected chi connectivity index (χ2v) is 12.3. The van der Waals surface area contributed by atoms with Crippen molar-refractivity contribution in [3.05, 3.63) is 52.8 Å². The molecule has 9 nitrogen and oxygen atoms in total. The van der Waals surface area contributed by atoms with Gasteiger partial charge in [0, 0.05) is 63.9 Å². The largest absolute Gasteiger partial charge is 0.446 e. The number of carbonyl (C=O) groups is 3. The first-order chi connectivity index (χ1) is 20.6. The highest BCUT2D eigenvalue weighted by Crippen LogP contribution is 2.44. The van der Waals surface area contributed by atoms with E-state index in [9.17, 15) is 27.6 Å². The van der Waals surface area contributed by atoms with Crippen LogP contribution in [0.4, 0.5) is 22.8 Å². The summed E-state index contributed by atoms with van der Waals surface area (Å²) < 4.78 is 48.5. The number of hydrogen-bond donors (Lipinski definition) is 0. The van der Waals surface area contributed by atoms with E-state index in [-0.39, 0.29) is 48.1 Å². The first-order valence-electron chi connectivity index (χ1n) is 15.0. The summed E-state index contributed by atoms with van der Waals surface area (Å²) in [4.78, 5) is 42.7. The Morgan fingerprint density at radius 1 is 0.837 bits per heavy atom. The topological polar surface area (TPSA) is 88.0 Å². The Morgan fingerprint density at radius 3 is 2.14 bits per heavy atom. The van der Waals surface area contributed by atoms with Gasteiger partial charge < -0.3 is 19.4 Å². The zero-order valence-corrected chi connectivity index (χ0v) is 24.5. The van der Waals surface area contributed by atoms with Crippen LogP contribution in [-0.2, 0) is 10.9 Å². The predicted octanol–water partition coefficient (Wildman–Crippen LogP) is 6.01. The lowest BCUT2D eigenvalue weighted by molar-refractivity contribution is -0.138. The summed E-state index contributed by atoms with van der Waals surface area (Å²) in [6.45, 7) is 2.57. The molecule has 13 heteroatoms. The maximum absolute atomic E-state index is 13.7. The molecule has 232 valence electrons. The maximum Gasteiger partial charge on any atom is 0.416 e. The number of alkyl halides is 3. The highest BCUT2D eigenvalue weighted by Gasteiger charge is 2.40. The minimum Gasteiger partial charge on any atom is -0.446 e. The molecule has 1 atom stereocenters. The van der Waals surface area contributed by atoms with Crippen LogP contribution in [0.25, 0.3) is 0 Å². The Morgan fingerprint density at radius 2 is 1.49 bits per heavy atom. The standard InChI is InChI=1S/C30H35ClF3N5O4/c31-28(41)36-15-10-22(11-16-36)43-29(42)37-13-8-21(9-14-37)39-26(19-5-6-19)24(17-35-39)27(40)38-12-7-20(18-38)23-3-1-2-4-25(23)30(32,33)34/h1-4,17,19-22H,5-16,18H2/t20-/m1/s1. The number of halogens is 4. The van der Waals surface area contributed by atoms with Crippen LogP contribution in [0.5, 0.6) is 0 Å². The van der Waals surface area contributed by atoms with E-state index in [0.717, 1.165) is 24.6 Å². The van der Waals surface area contributed by atoms with Crippen LogP contribution >= 0.6 is 11.6 Å². The van der Waals surface area contributed by atoms with Gasteiger partial charge in [0.1, 0.15) is 6.10 Å². The van der Waals surface area contributed by atoms with E-state index in [1.54, 1.807) is 22.1 Å². The van der Waals surface area contributed by atoms with Crippen molar-refractivity contribution in [1.82, 2.24) is 24.5 Å². The Hall–Kier alpha value is -3.28. The molecule has 3 saturated heterocycles. The fourth-order valence-corrected chi connectivity index (χ4v) is 6.90. The van der Waals surface area contributed by atoms with Gasteiger partial charge in [-0.3, -0.25) is 14.3 Å². The zero-order valence-electron chi connectivity index (χ0n) is 23.8. The molecule has 3 amide bonds. The van der Waals surface area contributed by atoms with E-state index >= 15 is 0 Å². The average molecular weight is 622 g/mol. The summed E-state index contributed by atoms with van der Waals surface area (Å²) in [5.41, 5.74) is 1.05. The molecule has 4 aliphatic rings. The molecular weight excluding hydrogens is 587 g/mol. The fraction of sp³-hybridized carbons (Fsp3) is 0.600. The van der Waals surface area contributed by atoms with Crippen molar-refractivity contribution in [3.63, 3.8) is 0 Å². The smallest absolute Gasteiger partial charge is 0.416 e. The van der Waals surface area contributed by atoms with Crippen molar-refractivity contribution in [2.45, 2.75) is 75.1 Å². The predicted molar refractivity (Wildman–Crippen MR) is 151 cm³/mol. The van der Waals surface area contributed by atoms with Crippen LogP contribution in [0.15, 0.2) is 30.5 Å². The van der Waals surface area contributed by atoms with Crippen LogP contribution in [0.2, 0.25) is 0 Å². The van der Waals surface area contributed by atoms with E-state index in [4.69, 9.17) is 16.3 Å². The molecule has 3 aliphatic heterocycles. The van der Waals surface area contributed by atoms with E-state index < -0.39 is 17.1 Å². The van der Waals surface area contributed by atoms with E-state index in [1.165, 1.54) is 17.0 Å². The molecule has 1 aliphatic carbocycles. The van der Waals surface area contributed by atoms with Crippen LogP contribution in [0, 0.1) is 0 Å². The van der Waals surface area contributed by atoms with Crippen LogP contribution < -0.4 is 0 Å². The minimum absolute atomic E-state index is 0.0316. The van der Waals surface area contributed by atoms with Crippen molar-refractivity contribution in [2.24, 2.45) is 0 Å². The Labute approximate surface area is 252 Å². The number of carbonyl (C=O) groups excluding carboxylic acids is 3. The third-order valence-corrected chi connectivity index (χ3v) is 9.48. The van der Waals surface area contributed by atoms with Crippen LogP contribution in [0.1, 0.15) is 90.0 Å². The Kier molecular flexibility index (Phi) is 8.32. The molecule has 6 rings (SSSR count). The van der Waals surface area contributed by atoms with Crippen molar-refractivity contribution in [3.8, 4) is 0 Å². The van der Waals surface area contributed by atoms with Gasteiger partial charge in [0.05, 0.1) is 29.1 Å². The molecule has 0 bridgehead atoms. The molecule has 4 fully saturated rings. The number of nitrogens with zero attached hydrogens (tertiary/aromatic N) is 5.